The molecule has 39 heavy (non-hydrogen) atoms. The number of halogens is 1. The molecule has 0 bridgehead atoms. The number of hydrogen-bond acceptors (Lipinski definition) is 8. The molecule has 9 nitrogen and oxygen atoms in total. The maximum Gasteiger partial charge on any atom is 0.242 e. The van der Waals surface area contributed by atoms with Gasteiger partial charge in [0.2, 0.25) is 10.0 Å². The molecule has 4 aromatic rings. The highest BCUT2D eigenvalue weighted by Crippen LogP contribution is 2.26. The van der Waals surface area contributed by atoms with E-state index >= 15 is 0 Å². The molecule has 0 aliphatic heterocycles. The first-order chi connectivity index (χ1) is 18.7. The first kappa shape index (κ1) is 28.6. The van der Waals surface area contributed by atoms with Crippen molar-refractivity contribution in [2.75, 3.05) is 26.5 Å². The molecule has 0 amide bonds. The molecule has 12 heteroatoms. The number of rotatable bonds is 12. The lowest BCUT2D eigenvalue weighted by atomic mass is 10.1. The van der Waals surface area contributed by atoms with Crippen LogP contribution in [0.5, 0.6) is 11.5 Å². The first-order valence-corrected chi connectivity index (χ1v) is 14.7. The Morgan fingerprint density at radius 1 is 0.923 bits per heavy atom. The van der Waals surface area contributed by atoms with Crippen LogP contribution >= 0.6 is 23.4 Å². The summed E-state index contributed by atoms with van der Waals surface area (Å²) in [5, 5.41) is 9.70. The monoisotopic (exact) mass is 586 g/mol. The van der Waals surface area contributed by atoms with Crippen molar-refractivity contribution >= 4 is 39.2 Å². The number of benzene rings is 3. The Labute approximate surface area is 236 Å². The normalized spacial score (nSPS) is 11.5. The van der Waals surface area contributed by atoms with Crippen molar-refractivity contribution in [1.29, 1.82) is 0 Å². The fraction of sp³-hybridized carbons (Fsp3) is 0.222. The van der Waals surface area contributed by atoms with E-state index in [2.05, 4.69) is 10.2 Å². The van der Waals surface area contributed by atoms with Gasteiger partial charge >= 0.3 is 0 Å². The molecule has 0 unspecified atom stereocenters. The van der Waals surface area contributed by atoms with Gasteiger partial charge < -0.3 is 9.47 Å². The third kappa shape index (κ3) is 6.99. The highest BCUT2D eigenvalue weighted by Gasteiger charge is 2.19. The Balaban J connectivity index is 1.51. The van der Waals surface area contributed by atoms with Gasteiger partial charge in [0.05, 0.1) is 17.3 Å². The number of hydrogen-bond donors (Lipinski definition) is 0. The summed E-state index contributed by atoms with van der Waals surface area (Å²) >= 11 is 7.31. The molecule has 4 rings (SSSR count). The van der Waals surface area contributed by atoms with E-state index in [1.165, 1.54) is 50.1 Å². The summed E-state index contributed by atoms with van der Waals surface area (Å²) in [5.41, 5.74) is 1.17. The number of carbonyl (C=O) groups excluding carboxylic acids is 1. The molecule has 0 saturated heterocycles. The van der Waals surface area contributed by atoms with Crippen LogP contribution < -0.4 is 9.47 Å². The number of nitrogens with zero attached hydrogens (tertiary/aromatic N) is 4. The Kier molecular flexibility index (Phi) is 9.28. The van der Waals surface area contributed by atoms with E-state index in [0.29, 0.717) is 33.9 Å². The lowest BCUT2D eigenvalue weighted by molar-refractivity contribution is 0.102. The van der Waals surface area contributed by atoms with E-state index in [1.807, 2.05) is 47.9 Å². The molecular formula is C27H27ClN4O5S2. The van der Waals surface area contributed by atoms with Crippen LogP contribution in [0.3, 0.4) is 0 Å². The number of sulfonamides is 1. The SMILES string of the molecule is CCOc1ccc(OCc2nnc(SCC(=O)c3ccc(S(=O)(=O)N(C)C)cc3)n2-c2ccc(Cl)cc2)cc1. The largest absolute Gasteiger partial charge is 0.494 e. The Morgan fingerprint density at radius 2 is 1.54 bits per heavy atom. The summed E-state index contributed by atoms with van der Waals surface area (Å²) in [4.78, 5) is 13.0. The minimum Gasteiger partial charge on any atom is -0.494 e. The molecule has 0 aliphatic carbocycles. The van der Waals surface area contributed by atoms with Gasteiger partial charge in [0, 0.05) is 30.4 Å². The van der Waals surface area contributed by atoms with Crippen LogP contribution in [-0.4, -0.2) is 59.7 Å². The molecule has 1 aromatic heterocycles. The number of ether oxygens (including phenoxy) is 2. The predicted molar refractivity (Wildman–Crippen MR) is 151 cm³/mol. The van der Waals surface area contributed by atoms with Crippen LogP contribution in [0.4, 0.5) is 0 Å². The molecule has 0 atom stereocenters. The van der Waals surface area contributed by atoms with E-state index in [-0.39, 0.29) is 23.0 Å². The van der Waals surface area contributed by atoms with Gasteiger partial charge in [-0.1, -0.05) is 35.5 Å². The van der Waals surface area contributed by atoms with Crippen LogP contribution in [0.25, 0.3) is 5.69 Å². The predicted octanol–water partition coefficient (Wildman–Crippen LogP) is 5.12. The summed E-state index contributed by atoms with van der Waals surface area (Å²) in [7, 11) is -0.659. The number of ketones is 1. The number of carbonyl (C=O) groups is 1. The number of thioether (sulfide) groups is 1. The highest BCUT2D eigenvalue weighted by atomic mass is 35.5. The van der Waals surface area contributed by atoms with E-state index in [1.54, 1.807) is 12.1 Å². The average molecular weight is 587 g/mol. The van der Waals surface area contributed by atoms with Crippen LogP contribution in [-0.2, 0) is 16.6 Å². The molecule has 1 heterocycles. The van der Waals surface area contributed by atoms with Gasteiger partial charge in [-0.3, -0.25) is 9.36 Å². The van der Waals surface area contributed by atoms with Gasteiger partial charge in [-0.2, -0.15) is 0 Å². The number of aromatic nitrogens is 3. The van der Waals surface area contributed by atoms with Crippen LogP contribution in [0.1, 0.15) is 23.1 Å². The molecule has 0 fully saturated rings. The fourth-order valence-corrected chi connectivity index (χ4v) is 5.41. The van der Waals surface area contributed by atoms with E-state index in [0.717, 1.165) is 15.7 Å². The van der Waals surface area contributed by atoms with E-state index in [4.69, 9.17) is 21.1 Å². The lowest BCUT2D eigenvalue weighted by Gasteiger charge is -2.12. The standard InChI is InChI=1S/C27H27ClN4O5S2/c1-4-36-22-11-13-23(14-12-22)37-17-26-29-30-27(32(26)21-9-7-20(28)8-10-21)38-18-25(33)19-5-15-24(16-6-19)39(34,35)31(2)3/h5-16H,4,17-18H2,1-3H3. The van der Waals surface area contributed by atoms with Crippen molar-refractivity contribution in [3.05, 3.63) is 89.2 Å². The van der Waals surface area contributed by atoms with Crippen LogP contribution in [0, 0.1) is 0 Å². The molecule has 3 aromatic carbocycles. The summed E-state index contributed by atoms with van der Waals surface area (Å²) in [6.45, 7) is 2.64. The van der Waals surface area contributed by atoms with Gasteiger partial charge in [0.25, 0.3) is 0 Å². The second-order valence-electron chi connectivity index (χ2n) is 8.43. The summed E-state index contributed by atoms with van der Waals surface area (Å²) < 4.78 is 39.0. The second kappa shape index (κ2) is 12.6. The zero-order valence-electron chi connectivity index (χ0n) is 21.6. The average Bonchev–Trinajstić information content (AvgIpc) is 3.34. The van der Waals surface area contributed by atoms with Crippen molar-refractivity contribution in [2.45, 2.75) is 23.6 Å². The maximum atomic E-state index is 12.9. The van der Waals surface area contributed by atoms with Gasteiger partial charge in [0.15, 0.2) is 16.8 Å². The smallest absolute Gasteiger partial charge is 0.242 e. The third-order valence-electron chi connectivity index (χ3n) is 5.58. The van der Waals surface area contributed by atoms with Gasteiger partial charge in [-0.05, 0) is 67.6 Å². The molecular weight excluding hydrogens is 560 g/mol. The van der Waals surface area contributed by atoms with Crippen molar-refractivity contribution in [1.82, 2.24) is 19.1 Å². The highest BCUT2D eigenvalue weighted by molar-refractivity contribution is 7.99. The Hall–Kier alpha value is -3.38. The second-order valence-corrected chi connectivity index (χ2v) is 12.0. The molecule has 0 spiro atoms. The van der Waals surface area contributed by atoms with Crippen LogP contribution in [0.15, 0.2) is 82.8 Å². The summed E-state index contributed by atoms with van der Waals surface area (Å²) in [6, 6.07) is 20.4. The minimum atomic E-state index is -3.57. The van der Waals surface area contributed by atoms with Gasteiger partial charge in [0.1, 0.15) is 18.1 Å². The lowest BCUT2D eigenvalue weighted by Crippen LogP contribution is -2.22. The van der Waals surface area contributed by atoms with Gasteiger partial charge in [-0.15, -0.1) is 10.2 Å². The fourth-order valence-electron chi connectivity index (χ4n) is 3.52. The molecule has 0 radical (unpaired) electrons. The van der Waals surface area contributed by atoms with Crippen LogP contribution in [0.2, 0.25) is 5.02 Å². The third-order valence-corrected chi connectivity index (χ3v) is 8.59. The van der Waals surface area contributed by atoms with Crippen molar-refractivity contribution < 1.29 is 22.7 Å². The van der Waals surface area contributed by atoms with Crippen molar-refractivity contribution in [3.63, 3.8) is 0 Å². The first-order valence-electron chi connectivity index (χ1n) is 11.9. The summed E-state index contributed by atoms with van der Waals surface area (Å²) in [5.74, 6) is 1.84. The van der Waals surface area contributed by atoms with E-state index < -0.39 is 10.0 Å². The number of Topliss-reactive ketones (excluding diaryl/α,β-unsaturated/α-hetero) is 1. The summed E-state index contributed by atoms with van der Waals surface area (Å²) in [6.07, 6.45) is 0. The molecule has 0 saturated carbocycles. The van der Waals surface area contributed by atoms with Crippen molar-refractivity contribution in [3.8, 4) is 17.2 Å². The maximum absolute atomic E-state index is 12.9. The molecule has 0 aliphatic rings. The van der Waals surface area contributed by atoms with E-state index in [9.17, 15) is 13.2 Å². The molecule has 0 N–H and O–H groups in total. The van der Waals surface area contributed by atoms with Gasteiger partial charge in [-0.25, -0.2) is 12.7 Å². The van der Waals surface area contributed by atoms with Crippen molar-refractivity contribution in [2.24, 2.45) is 0 Å². The Morgan fingerprint density at radius 3 is 2.13 bits per heavy atom. The Bertz CT molecular complexity index is 1520. The zero-order chi connectivity index (χ0) is 28.0. The zero-order valence-corrected chi connectivity index (χ0v) is 24.0. The topological polar surface area (TPSA) is 104 Å². The molecule has 204 valence electrons. The quantitative estimate of drug-likeness (QED) is 0.166. The minimum absolute atomic E-state index is 0.0747.